The Morgan fingerprint density at radius 2 is 2.00 bits per heavy atom. The largest absolute Gasteiger partial charge is 0.354 e. The summed E-state index contributed by atoms with van der Waals surface area (Å²) in [5.74, 6) is 0. The van der Waals surface area contributed by atoms with Crippen LogP contribution in [-0.4, -0.2) is 4.57 Å². The van der Waals surface area contributed by atoms with Crippen LogP contribution in [0, 0.1) is 16.7 Å². The fraction of sp³-hybridized carbons (Fsp3) is 0.455. The lowest BCUT2D eigenvalue weighted by Crippen LogP contribution is -2.13. The molecule has 1 aromatic rings. The van der Waals surface area contributed by atoms with Gasteiger partial charge in [-0.05, 0) is 20.3 Å². The molecule has 0 aliphatic heterocycles. The van der Waals surface area contributed by atoms with E-state index < -0.39 is 0 Å². The number of pyridine rings is 1. The van der Waals surface area contributed by atoms with Gasteiger partial charge in [-0.2, -0.15) is 5.26 Å². The molecule has 0 bridgehead atoms. The Labute approximate surface area is 83.6 Å². The molecule has 0 radical (unpaired) electrons. The third-order valence-corrected chi connectivity index (χ3v) is 2.16. The fourth-order valence-electron chi connectivity index (χ4n) is 1.06. The first-order valence-corrected chi connectivity index (χ1v) is 4.61. The average Bonchev–Trinajstić information content (AvgIpc) is 2.17. The topological polar surface area (TPSA) is 45.8 Å². The quantitative estimate of drug-likeness (QED) is 0.729. The van der Waals surface area contributed by atoms with Gasteiger partial charge in [0.1, 0.15) is 0 Å². The third-order valence-electron chi connectivity index (χ3n) is 2.16. The molecule has 0 N–H and O–H groups in total. The minimum Gasteiger partial charge on any atom is -0.354 e. The van der Waals surface area contributed by atoms with Crippen molar-refractivity contribution in [2.24, 2.45) is 5.41 Å². The van der Waals surface area contributed by atoms with Gasteiger partial charge in [-0.1, -0.05) is 0 Å². The maximum Gasteiger partial charge on any atom is 0.181 e. The highest BCUT2D eigenvalue weighted by Gasteiger charge is 2.15. The molecule has 0 amide bonds. The third kappa shape index (κ3) is 3.06. The highest BCUT2D eigenvalue weighted by atomic mass is 16.1. The Balaban J connectivity index is 2.59. The van der Waals surface area contributed by atoms with E-state index in [1.54, 1.807) is 12.4 Å². The van der Waals surface area contributed by atoms with Gasteiger partial charge in [-0.3, -0.25) is 4.79 Å². The summed E-state index contributed by atoms with van der Waals surface area (Å²) in [5, 5.41) is 8.81. The number of hydrogen-bond acceptors (Lipinski definition) is 2. The molecular weight excluding hydrogens is 176 g/mol. The first-order chi connectivity index (χ1) is 6.53. The molecule has 74 valence electrons. The first kappa shape index (κ1) is 10.5. The molecule has 1 heterocycles. The zero-order valence-electron chi connectivity index (χ0n) is 8.53. The van der Waals surface area contributed by atoms with Crippen LogP contribution in [0.1, 0.15) is 20.3 Å². The number of hydrogen-bond donors (Lipinski definition) is 0. The van der Waals surface area contributed by atoms with Crippen LogP contribution in [-0.2, 0) is 6.54 Å². The lowest BCUT2D eigenvalue weighted by atomic mass is 9.91. The second-order valence-electron chi connectivity index (χ2n) is 4.02. The number of aryl methyl sites for hydroxylation is 1. The Hall–Kier alpha value is -1.56. The summed E-state index contributed by atoms with van der Waals surface area (Å²) >= 11 is 0. The van der Waals surface area contributed by atoms with Gasteiger partial charge < -0.3 is 4.57 Å². The zero-order valence-corrected chi connectivity index (χ0v) is 8.53. The second kappa shape index (κ2) is 4.10. The van der Waals surface area contributed by atoms with Gasteiger partial charge in [0.25, 0.3) is 0 Å². The summed E-state index contributed by atoms with van der Waals surface area (Å²) in [6.07, 6.45) is 4.28. The molecule has 0 unspecified atom stereocenters. The van der Waals surface area contributed by atoms with Crippen molar-refractivity contribution in [1.29, 1.82) is 5.26 Å². The van der Waals surface area contributed by atoms with Crippen molar-refractivity contribution < 1.29 is 0 Å². The van der Waals surface area contributed by atoms with Crippen molar-refractivity contribution >= 4 is 0 Å². The van der Waals surface area contributed by atoms with E-state index in [0.717, 1.165) is 13.0 Å². The highest BCUT2D eigenvalue weighted by molar-refractivity contribution is 4.95. The highest BCUT2D eigenvalue weighted by Crippen LogP contribution is 2.18. The van der Waals surface area contributed by atoms with Crippen LogP contribution >= 0.6 is 0 Å². The van der Waals surface area contributed by atoms with E-state index >= 15 is 0 Å². The van der Waals surface area contributed by atoms with Crippen molar-refractivity contribution in [1.82, 2.24) is 4.57 Å². The van der Waals surface area contributed by atoms with Crippen LogP contribution < -0.4 is 5.43 Å². The van der Waals surface area contributed by atoms with Crippen LogP contribution in [0.25, 0.3) is 0 Å². The van der Waals surface area contributed by atoms with Crippen molar-refractivity contribution in [2.45, 2.75) is 26.8 Å². The molecule has 3 heteroatoms. The van der Waals surface area contributed by atoms with Gasteiger partial charge in [0, 0.05) is 31.1 Å². The van der Waals surface area contributed by atoms with Crippen LogP contribution in [0.3, 0.4) is 0 Å². The number of nitriles is 1. The zero-order chi connectivity index (χ0) is 10.6. The predicted octanol–water partition coefficient (Wildman–Crippen LogP) is 1.79. The van der Waals surface area contributed by atoms with E-state index in [9.17, 15) is 4.79 Å². The Kier molecular flexibility index (Phi) is 3.08. The van der Waals surface area contributed by atoms with E-state index in [0.29, 0.717) is 0 Å². The number of aromatic nitrogens is 1. The predicted molar refractivity (Wildman–Crippen MR) is 54.7 cm³/mol. The Morgan fingerprint density at radius 3 is 2.50 bits per heavy atom. The molecule has 0 aliphatic carbocycles. The molecule has 0 saturated heterocycles. The van der Waals surface area contributed by atoms with Crippen LogP contribution in [0.5, 0.6) is 0 Å². The summed E-state index contributed by atoms with van der Waals surface area (Å²) in [7, 11) is 0. The second-order valence-corrected chi connectivity index (χ2v) is 4.02. The molecule has 0 aromatic carbocycles. The average molecular weight is 190 g/mol. The van der Waals surface area contributed by atoms with Crippen molar-refractivity contribution in [3.8, 4) is 6.07 Å². The standard InChI is InChI=1S/C11H14N2O/c1-11(2,9-12)5-8-13-6-3-10(14)4-7-13/h3-4,6-7H,5,8H2,1-2H3. The van der Waals surface area contributed by atoms with Gasteiger partial charge in [0.05, 0.1) is 11.5 Å². The smallest absolute Gasteiger partial charge is 0.181 e. The normalized spacial score (nSPS) is 10.9. The van der Waals surface area contributed by atoms with Gasteiger partial charge in [0.15, 0.2) is 5.43 Å². The molecule has 14 heavy (non-hydrogen) atoms. The Bertz CT molecular complexity index is 378. The van der Waals surface area contributed by atoms with E-state index in [2.05, 4.69) is 6.07 Å². The molecule has 3 nitrogen and oxygen atoms in total. The van der Waals surface area contributed by atoms with E-state index in [4.69, 9.17) is 5.26 Å². The molecule has 1 rings (SSSR count). The fourth-order valence-corrected chi connectivity index (χ4v) is 1.06. The van der Waals surface area contributed by atoms with Gasteiger partial charge in [-0.25, -0.2) is 0 Å². The van der Waals surface area contributed by atoms with Crippen molar-refractivity contribution in [3.05, 3.63) is 34.7 Å². The lowest BCUT2D eigenvalue weighted by molar-refractivity contribution is 0.412. The minimum absolute atomic E-state index is 0.0146. The molecule has 0 atom stereocenters. The van der Waals surface area contributed by atoms with E-state index in [1.165, 1.54) is 12.1 Å². The number of rotatable bonds is 3. The summed E-state index contributed by atoms with van der Waals surface area (Å²) in [5.41, 5.74) is -0.288. The maximum absolute atomic E-state index is 10.8. The Morgan fingerprint density at radius 1 is 1.43 bits per heavy atom. The van der Waals surface area contributed by atoms with E-state index in [1.807, 2.05) is 18.4 Å². The molecule has 0 fully saturated rings. The van der Waals surface area contributed by atoms with Gasteiger partial charge >= 0.3 is 0 Å². The number of nitrogens with zero attached hydrogens (tertiary/aromatic N) is 2. The van der Waals surface area contributed by atoms with E-state index in [-0.39, 0.29) is 10.8 Å². The summed E-state index contributed by atoms with van der Waals surface area (Å²) < 4.78 is 1.92. The molecule has 0 saturated carbocycles. The van der Waals surface area contributed by atoms with Crippen LogP contribution in [0.15, 0.2) is 29.3 Å². The van der Waals surface area contributed by atoms with Crippen molar-refractivity contribution in [2.75, 3.05) is 0 Å². The summed E-state index contributed by atoms with van der Waals surface area (Å²) in [6, 6.07) is 5.30. The molecule has 1 aromatic heterocycles. The van der Waals surface area contributed by atoms with Gasteiger partial charge in [0.2, 0.25) is 0 Å². The first-order valence-electron chi connectivity index (χ1n) is 4.61. The monoisotopic (exact) mass is 190 g/mol. The minimum atomic E-state index is -0.302. The SMILES string of the molecule is CC(C)(C#N)CCn1ccc(=O)cc1. The van der Waals surface area contributed by atoms with Gasteiger partial charge in [-0.15, -0.1) is 0 Å². The lowest BCUT2D eigenvalue weighted by Gasteiger charge is -2.15. The molecule has 0 spiro atoms. The summed E-state index contributed by atoms with van der Waals surface area (Å²) in [6.45, 7) is 4.59. The van der Waals surface area contributed by atoms with Crippen molar-refractivity contribution in [3.63, 3.8) is 0 Å². The maximum atomic E-state index is 10.8. The van der Waals surface area contributed by atoms with Crippen LogP contribution in [0.2, 0.25) is 0 Å². The van der Waals surface area contributed by atoms with Crippen LogP contribution in [0.4, 0.5) is 0 Å². The molecular formula is C11H14N2O. The molecule has 0 aliphatic rings. The summed E-state index contributed by atoms with van der Waals surface area (Å²) in [4.78, 5) is 10.8.